The predicted molar refractivity (Wildman–Crippen MR) is 102 cm³/mol. The molecule has 1 aliphatic heterocycles. The highest BCUT2D eigenvalue weighted by Gasteiger charge is 2.34. The molecule has 3 rings (SSSR count). The Morgan fingerprint density at radius 2 is 1.65 bits per heavy atom. The second kappa shape index (κ2) is 7.97. The molecule has 2 amide bonds. The van der Waals surface area contributed by atoms with Gasteiger partial charge in [0, 0.05) is 5.69 Å². The van der Waals surface area contributed by atoms with E-state index in [2.05, 4.69) is 5.32 Å². The third-order valence-electron chi connectivity index (χ3n) is 3.84. The van der Waals surface area contributed by atoms with Crippen LogP contribution in [0.1, 0.15) is 27.6 Å². The fraction of sp³-hybridized carbons (Fsp3) is 0.211. The second-order valence-electron chi connectivity index (χ2n) is 5.53. The SMILES string of the molecule is CCOc1ccc(NC(=S)OCCN2C(=O)c3ccccc3C2=O)cc1. The number of rotatable bonds is 6. The van der Waals surface area contributed by atoms with Gasteiger partial charge < -0.3 is 14.8 Å². The number of imide groups is 1. The molecule has 1 heterocycles. The van der Waals surface area contributed by atoms with Gasteiger partial charge in [-0.15, -0.1) is 0 Å². The largest absolute Gasteiger partial charge is 0.494 e. The standard InChI is InChI=1S/C19H18N2O4S/c1-2-24-14-9-7-13(8-10-14)20-19(26)25-12-11-21-17(22)15-5-3-4-6-16(15)18(21)23/h3-10H,2,11-12H2,1H3,(H,20,26). The lowest BCUT2D eigenvalue weighted by molar-refractivity contribution is 0.0629. The van der Waals surface area contributed by atoms with Crippen LogP contribution in [0, 0.1) is 0 Å². The fourth-order valence-electron chi connectivity index (χ4n) is 2.63. The zero-order chi connectivity index (χ0) is 18.5. The average Bonchev–Trinajstić information content (AvgIpc) is 2.89. The van der Waals surface area contributed by atoms with E-state index in [0.717, 1.165) is 11.4 Å². The molecule has 0 saturated carbocycles. The van der Waals surface area contributed by atoms with Crippen LogP contribution in [-0.4, -0.2) is 41.6 Å². The lowest BCUT2D eigenvalue weighted by atomic mass is 10.1. The van der Waals surface area contributed by atoms with Crippen molar-refractivity contribution in [3.63, 3.8) is 0 Å². The van der Waals surface area contributed by atoms with Gasteiger partial charge in [-0.05, 0) is 55.5 Å². The summed E-state index contributed by atoms with van der Waals surface area (Å²) < 4.78 is 10.8. The summed E-state index contributed by atoms with van der Waals surface area (Å²) in [4.78, 5) is 25.7. The Labute approximate surface area is 156 Å². The highest BCUT2D eigenvalue weighted by atomic mass is 32.1. The van der Waals surface area contributed by atoms with Crippen molar-refractivity contribution in [2.75, 3.05) is 25.1 Å². The molecular formula is C19H18N2O4S. The number of nitrogens with one attached hydrogen (secondary N) is 1. The Bertz CT molecular complexity index is 801. The summed E-state index contributed by atoms with van der Waals surface area (Å²) in [6.07, 6.45) is 0. The molecule has 0 aliphatic carbocycles. The molecular weight excluding hydrogens is 352 g/mol. The second-order valence-corrected chi connectivity index (χ2v) is 5.90. The molecule has 2 aromatic rings. The van der Waals surface area contributed by atoms with Crippen molar-refractivity contribution in [2.24, 2.45) is 0 Å². The Morgan fingerprint density at radius 3 is 2.23 bits per heavy atom. The van der Waals surface area contributed by atoms with Gasteiger partial charge in [-0.2, -0.15) is 0 Å². The molecule has 0 fully saturated rings. The molecule has 2 aromatic carbocycles. The molecule has 0 bridgehead atoms. The number of ether oxygens (including phenoxy) is 2. The molecule has 6 nitrogen and oxygen atoms in total. The van der Waals surface area contributed by atoms with Crippen molar-refractivity contribution >= 4 is 34.9 Å². The van der Waals surface area contributed by atoms with Crippen molar-refractivity contribution in [3.05, 3.63) is 59.7 Å². The van der Waals surface area contributed by atoms with E-state index in [-0.39, 0.29) is 30.1 Å². The molecule has 134 valence electrons. The van der Waals surface area contributed by atoms with Gasteiger partial charge in [-0.1, -0.05) is 12.1 Å². The summed E-state index contributed by atoms with van der Waals surface area (Å²) in [5.74, 6) is 0.162. The van der Waals surface area contributed by atoms with Gasteiger partial charge in [-0.25, -0.2) is 0 Å². The zero-order valence-corrected chi connectivity index (χ0v) is 15.0. The van der Waals surface area contributed by atoms with E-state index >= 15 is 0 Å². The molecule has 7 heteroatoms. The van der Waals surface area contributed by atoms with Crippen molar-refractivity contribution in [1.29, 1.82) is 0 Å². The normalized spacial score (nSPS) is 12.7. The number of benzene rings is 2. The Balaban J connectivity index is 1.48. The van der Waals surface area contributed by atoms with Gasteiger partial charge in [-0.3, -0.25) is 14.5 Å². The first-order valence-corrected chi connectivity index (χ1v) is 8.63. The number of thiocarbonyl (C=S) groups is 1. The first-order chi connectivity index (χ1) is 12.6. The number of nitrogens with zero attached hydrogens (tertiary/aromatic N) is 1. The topological polar surface area (TPSA) is 67.9 Å². The maximum atomic E-state index is 12.2. The predicted octanol–water partition coefficient (Wildman–Crippen LogP) is 3.09. The van der Waals surface area contributed by atoms with Gasteiger partial charge in [0.2, 0.25) is 0 Å². The minimum atomic E-state index is -0.306. The number of amides is 2. The fourth-order valence-corrected chi connectivity index (χ4v) is 2.83. The summed E-state index contributed by atoms with van der Waals surface area (Å²) in [7, 11) is 0. The van der Waals surface area contributed by atoms with Crippen LogP contribution in [0.4, 0.5) is 5.69 Å². The van der Waals surface area contributed by atoms with E-state index in [1.165, 1.54) is 4.90 Å². The lowest BCUT2D eigenvalue weighted by Crippen LogP contribution is -2.33. The minimum Gasteiger partial charge on any atom is -0.494 e. The number of anilines is 1. The number of fused-ring (bicyclic) bond motifs is 1. The molecule has 0 saturated heterocycles. The van der Waals surface area contributed by atoms with Crippen LogP contribution in [0.5, 0.6) is 5.75 Å². The highest BCUT2D eigenvalue weighted by Crippen LogP contribution is 2.22. The summed E-state index contributed by atoms with van der Waals surface area (Å²) in [6.45, 7) is 2.78. The molecule has 1 N–H and O–H groups in total. The van der Waals surface area contributed by atoms with Gasteiger partial charge >= 0.3 is 0 Å². The smallest absolute Gasteiger partial charge is 0.261 e. The first kappa shape index (κ1) is 17.9. The van der Waals surface area contributed by atoms with Crippen molar-refractivity contribution in [1.82, 2.24) is 4.90 Å². The third-order valence-corrected chi connectivity index (χ3v) is 4.06. The van der Waals surface area contributed by atoms with Crippen LogP contribution < -0.4 is 10.1 Å². The lowest BCUT2D eigenvalue weighted by Gasteiger charge is -2.15. The van der Waals surface area contributed by atoms with E-state index in [1.807, 2.05) is 31.2 Å². The Morgan fingerprint density at radius 1 is 1.04 bits per heavy atom. The van der Waals surface area contributed by atoms with Crippen LogP contribution >= 0.6 is 12.2 Å². The molecule has 1 aliphatic rings. The molecule has 0 atom stereocenters. The summed E-state index contributed by atoms with van der Waals surface area (Å²) in [5.41, 5.74) is 1.61. The molecule has 26 heavy (non-hydrogen) atoms. The van der Waals surface area contributed by atoms with E-state index in [0.29, 0.717) is 17.7 Å². The van der Waals surface area contributed by atoms with E-state index in [4.69, 9.17) is 21.7 Å². The maximum absolute atomic E-state index is 12.2. The van der Waals surface area contributed by atoms with Gasteiger partial charge in [0.1, 0.15) is 12.4 Å². The quantitative estimate of drug-likeness (QED) is 0.623. The zero-order valence-electron chi connectivity index (χ0n) is 14.2. The number of hydrogen-bond donors (Lipinski definition) is 1. The Hall–Kier alpha value is -2.93. The van der Waals surface area contributed by atoms with Gasteiger partial charge in [0.05, 0.1) is 24.3 Å². The van der Waals surface area contributed by atoms with Crippen molar-refractivity contribution in [3.8, 4) is 5.75 Å². The van der Waals surface area contributed by atoms with E-state index in [1.54, 1.807) is 24.3 Å². The van der Waals surface area contributed by atoms with Crippen molar-refractivity contribution in [2.45, 2.75) is 6.92 Å². The van der Waals surface area contributed by atoms with E-state index < -0.39 is 0 Å². The van der Waals surface area contributed by atoms with E-state index in [9.17, 15) is 9.59 Å². The molecule has 0 spiro atoms. The molecule has 0 aromatic heterocycles. The van der Waals surface area contributed by atoms with Gasteiger partial charge in [0.25, 0.3) is 17.0 Å². The minimum absolute atomic E-state index is 0.119. The average molecular weight is 370 g/mol. The van der Waals surface area contributed by atoms with Crippen molar-refractivity contribution < 1.29 is 19.1 Å². The van der Waals surface area contributed by atoms with Crippen LogP contribution in [0.3, 0.4) is 0 Å². The highest BCUT2D eigenvalue weighted by molar-refractivity contribution is 7.80. The van der Waals surface area contributed by atoms with Crippen LogP contribution in [0.25, 0.3) is 0 Å². The Kier molecular flexibility index (Phi) is 5.48. The van der Waals surface area contributed by atoms with Gasteiger partial charge in [0.15, 0.2) is 0 Å². The number of carbonyl (C=O) groups excluding carboxylic acids is 2. The van der Waals surface area contributed by atoms with Crippen LogP contribution in [0.15, 0.2) is 48.5 Å². The third kappa shape index (κ3) is 3.83. The van der Waals surface area contributed by atoms with Crippen LogP contribution in [0.2, 0.25) is 0 Å². The summed E-state index contributed by atoms with van der Waals surface area (Å²) in [5, 5.41) is 3.11. The molecule has 0 unspecified atom stereocenters. The molecule has 0 radical (unpaired) electrons. The number of carbonyl (C=O) groups is 2. The maximum Gasteiger partial charge on any atom is 0.261 e. The van der Waals surface area contributed by atoms with Crippen LogP contribution in [-0.2, 0) is 4.74 Å². The first-order valence-electron chi connectivity index (χ1n) is 8.22. The summed E-state index contributed by atoms with van der Waals surface area (Å²) in [6, 6.07) is 14.1. The monoisotopic (exact) mass is 370 g/mol. The number of hydrogen-bond acceptors (Lipinski definition) is 5. The summed E-state index contributed by atoms with van der Waals surface area (Å²) >= 11 is 5.14.